The molecular formula is C15H16ClN3O. The molecule has 2 amide bonds. The van der Waals surface area contributed by atoms with Crippen LogP contribution in [0.1, 0.15) is 16.7 Å². The van der Waals surface area contributed by atoms with E-state index in [0.717, 1.165) is 21.7 Å². The van der Waals surface area contributed by atoms with Crippen molar-refractivity contribution < 1.29 is 4.79 Å². The van der Waals surface area contributed by atoms with E-state index in [4.69, 9.17) is 11.6 Å². The van der Waals surface area contributed by atoms with Crippen molar-refractivity contribution >= 4 is 17.6 Å². The molecule has 0 fully saturated rings. The van der Waals surface area contributed by atoms with Crippen molar-refractivity contribution in [3.05, 3.63) is 64.4 Å². The second-order valence-electron chi connectivity index (χ2n) is 4.48. The number of aryl methyl sites for hydroxylation is 1. The van der Waals surface area contributed by atoms with E-state index in [1.807, 2.05) is 37.3 Å². The lowest BCUT2D eigenvalue weighted by atomic mass is 10.1. The Bertz CT molecular complexity index is 587. The average Bonchev–Trinajstić information content (AvgIpc) is 2.47. The summed E-state index contributed by atoms with van der Waals surface area (Å²) in [4.78, 5) is 15.6. The van der Waals surface area contributed by atoms with Gasteiger partial charge in [0.2, 0.25) is 0 Å². The van der Waals surface area contributed by atoms with Gasteiger partial charge in [-0.1, -0.05) is 23.7 Å². The third kappa shape index (κ3) is 4.24. The normalized spacial score (nSPS) is 10.1. The topological polar surface area (TPSA) is 54.0 Å². The first kappa shape index (κ1) is 14.3. The molecular weight excluding hydrogens is 274 g/mol. The standard InChI is InChI=1S/C15H16ClN3O/c1-11-8-13(2-3-14(11)16)10-19-15(20)18-9-12-4-6-17-7-5-12/h2-8H,9-10H2,1H3,(H2,18,19,20). The molecule has 0 unspecified atom stereocenters. The van der Waals surface area contributed by atoms with Gasteiger partial charge in [0.05, 0.1) is 0 Å². The fraction of sp³-hybridized carbons (Fsp3) is 0.200. The highest BCUT2D eigenvalue weighted by Crippen LogP contribution is 2.15. The molecule has 0 aliphatic rings. The number of hydrogen-bond acceptors (Lipinski definition) is 2. The van der Waals surface area contributed by atoms with Crippen molar-refractivity contribution in [2.75, 3.05) is 0 Å². The van der Waals surface area contributed by atoms with E-state index in [1.165, 1.54) is 0 Å². The maximum absolute atomic E-state index is 11.7. The number of pyridine rings is 1. The van der Waals surface area contributed by atoms with Crippen LogP contribution >= 0.6 is 11.6 Å². The van der Waals surface area contributed by atoms with E-state index in [-0.39, 0.29) is 6.03 Å². The summed E-state index contributed by atoms with van der Waals surface area (Å²) in [5.74, 6) is 0. The minimum absolute atomic E-state index is 0.200. The number of aromatic nitrogens is 1. The Morgan fingerprint density at radius 2 is 1.75 bits per heavy atom. The fourth-order valence-corrected chi connectivity index (χ4v) is 1.86. The Labute approximate surface area is 123 Å². The van der Waals surface area contributed by atoms with Crippen LogP contribution in [0, 0.1) is 6.92 Å². The Hall–Kier alpha value is -2.07. The van der Waals surface area contributed by atoms with Gasteiger partial charge in [-0.3, -0.25) is 4.98 Å². The van der Waals surface area contributed by atoms with E-state index >= 15 is 0 Å². The fourth-order valence-electron chi connectivity index (χ4n) is 1.74. The molecule has 1 heterocycles. The number of amides is 2. The van der Waals surface area contributed by atoms with E-state index in [1.54, 1.807) is 12.4 Å². The zero-order valence-corrected chi connectivity index (χ0v) is 11.9. The molecule has 1 aromatic heterocycles. The second-order valence-corrected chi connectivity index (χ2v) is 4.88. The average molecular weight is 290 g/mol. The largest absolute Gasteiger partial charge is 0.334 e. The van der Waals surface area contributed by atoms with Gasteiger partial charge in [-0.15, -0.1) is 0 Å². The van der Waals surface area contributed by atoms with Crippen LogP contribution in [0.2, 0.25) is 5.02 Å². The van der Waals surface area contributed by atoms with Gasteiger partial charge >= 0.3 is 6.03 Å². The number of halogens is 1. The molecule has 5 heteroatoms. The lowest BCUT2D eigenvalue weighted by molar-refractivity contribution is 0.240. The third-order valence-electron chi connectivity index (χ3n) is 2.88. The third-order valence-corrected chi connectivity index (χ3v) is 3.30. The molecule has 0 bridgehead atoms. The van der Waals surface area contributed by atoms with Crippen LogP contribution in [0.25, 0.3) is 0 Å². The van der Waals surface area contributed by atoms with Crippen molar-refractivity contribution in [2.45, 2.75) is 20.0 Å². The number of carbonyl (C=O) groups excluding carboxylic acids is 1. The van der Waals surface area contributed by atoms with E-state index in [0.29, 0.717) is 13.1 Å². The van der Waals surface area contributed by atoms with Crippen molar-refractivity contribution in [1.29, 1.82) is 0 Å². The molecule has 0 radical (unpaired) electrons. The molecule has 104 valence electrons. The summed E-state index contributed by atoms with van der Waals surface area (Å²) in [5, 5.41) is 6.33. The maximum atomic E-state index is 11.7. The van der Waals surface area contributed by atoms with Crippen molar-refractivity contribution in [3.63, 3.8) is 0 Å². The van der Waals surface area contributed by atoms with E-state index in [9.17, 15) is 4.79 Å². The van der Waals surface area contributed by atoms with Crippen LogP contribution in [-0.4, -0.2) is 11.0 Å². The summed E-state index contributed by atoms with van der Waals surface area (Å²) in [6.45, 7) is 2.89. The van der Waals surface area contributed by atoms with Crippen LogP contribution in [0.4, 0.5) is 4.79 Å². The number of hydrogen-bond donors (Lipinski definition) is 2. The van der Waals surface area contributed by atoms with Crippen LogP contribution in [-0.2, 0) is 13.1 Å². The van der Waals surface area contributed by atoms with Crippen LogP contribution < -0.4 is 10.6 Å². The van der Waals surface area contributed by atoms with E-state index in [2.05, 4.69) is 15.6 Å². The number of rotatable bonds is 4. The zero-order valence-electron chi connectivity index (χ0n) is 11.2. The lowest BCUT2D eigenvalue weighted by Crippen LogP contribution is -2.34. The second kappa shape index (κ2) is 6.91. The number of nitrogens with one attached hydrogen (secondary N) is 2. The van der Waals surface area contributed by atoms with Gasteiger partial charge in [-0.05, 0) is 41.8 Å². The quantitative estimate of drug-likeness (QED) is 0.909. The lowest BCUT2D eigenvalue weighted by Gasteiger charge is -2.08. The van der Waals surface area contributed by atoms with Crippen LogP contribution in [0.5, 0.6) is 0 Å². The molecule has 2 rings (SSSR count). The molecule has 0 saturated carbocycles. The molecule has 2 aromatic rings. The molecule has 0 saturated heterocycles. The Balaban J connectivity index is 1.79. The molecule has 0 aliphatic heterocycles. The molecule has 2 N–H and O–H groups in total. The number of nitrogens with zero attached hydrogens (tertiary/aromatic N) is 1. The minimum Gasteiger partial charge on any atom is -0.334 e. The van der Waals surface area contributed by atoms with Gasteiger partial charge in [0.25, 0.3) is 0 Å². The van der Waals surface area contributed by atoms with E-state index < -0.39 is 0 Å². The van der Waals surface area contributed by atoms with Gasteiger partial charge in [-0.2, -0.15) is 0 Å². The molecule has 20 heavy (non-hydrogen) atoms. The monoisotopic (exact) mass is 289 g/mol. The first-order chi connectivity index (χ1) is 9.65. The van der Waals surface area contributed by atoms with Crippen LogP contribution in [0.15, 0.2) is 42.7 Å². The highest BCUT2D eigenvalue weighted by molar-refractivity contribution is 6.31. The first-order valence-corrected chi connectivity index (χ1v) is 6.68. The number of urea groups is 1. The Morgan fingerprint density at radius 1 is 1.10 bits per heavy atom. The smallest absolute Gasteiger partial charge is 0.315 e. The van der Waals surface area contributed by atoms with Crippen molar-refractivity contribution in [2.24, 2.45) is 0 Å². The zero-order chi connectivity index (χ0) is 14.4. The molecule has 4 nitrogen and oxygen atoms in total. The Morgan fingerprint density at radius 3 is 2.40 bits per heavy atom. The molecule has 1 aromatic carbocycles. The maximum Gasteiger partial charge on any atom is 0.315 e. The Kier molecular flexibility index (Phi) is 4.96. The minimum atomic E-state index is -0.200. The van der Waals surface area contributed by atoms with Gasteiger partial charge in [0.15, 0.2) is 0 Å². The summed E-state index contributed by atoms with van der Waals surface area (Å²) < 4.78 is 0. The van der Waals surface area contributed by atoms with Crippen molar-refractivity contribution in [3.8, 4) is 0 Å². The number of carbonyl (C=O) groups is 1. The van der Waals surface area contributed by atoms with Gasteiger partial charge in [0, 0.05) is 30.5 Å². The van der Waals surface area contributed by atoms with Gasteiger partial charge in [0.1, 0.15) is 0 Å². The first-order valence-electron chi connectivity index (χ1n) is 6.31. The highest BCUT2D eigenvalue weighted by atomic mass is 35.5. The van der Waals surface area contributed by atoms with Gasteiger partial charge in [-0.25, -0.2) is 4.79 Å². The summed E-state index contributed by atoms with van der Waals surface area (Å²) >= 11 is 5.96. The summed E-state index contributed by atoms with van der Waals surface area (Å²) in [6.07, 6.45) is 3.40. The summed E-state index contributed by atoms with van der Waals surface area (Å²) in [5.41, 5.74) is 3.03. The van der Waals surface area contributed by atoms with Crippen LogP contribution in [0.3, 0.4) is 0 Å². The predicted molar refractivity (Wildman–Crippen MR) is 79.5 cm³/mol. The molecule has 0 aliphatic carbocycles. The summed E-state index contributed by atoms with van der Waals surface area (Å²) in [6, 6.07) is 9.23. The summed E-state index contributed by atoms with van der Waals surface area (Å²) in [7, 11) is 0. The number of benzene rings is 1. The molecule has 0 spiro atoms. The molecule has 0 atom stereocenters. The SMILES string of the molecule is Cc1cc(CNC(=O)NCc2ccncc2)ccc1Cl. The highest BCUT2D eigenvalue weighted by Gasteiger charge is 2.02. The predicted octanol–water partition coefficient (Wildman–Crippen LogP) is 3.04. The van der Waals surface area contributed by atoms with Gasteiger partial charge < -0.3 is 10.6 Å². The van der Waals surface area contributed by atoms with Crippen molar-refractivity contribution in [1.82, 2.24) is 15.6 Å².